The molecule has 106 valence electrons. The minimum Gasteiger partial charge on any atom is -0.494 e. The second kappa shape index (κ2) is 6.65. The molecule has 0 spiro atoms. The number of pyridine rings is 1. The molecular weight excluding hydrogens is 254 g/mol. The van der Waals surface area contributed by atoms with Gasteiger partial charge in [-0.15, -0.1) is 0 Å². The highest BCUT2D eigenvalue weighted by Gasteiger charge is 2.06. The number of nitrogen functional groups attached to an aromatic ring is 1. The summed E-state index contributed by atoms with van der Waals surface area (Å²) in [6.07, 6.45) is 1.68. The van der Waals surface area contributed by atoms with Gasteiger partial charge in [0.05, 0.1) is 30.8 Å². The number of hydrogen-bond donors (Lipinski definition) is 2. The predicted octanol–water partition coefficient (Wildman–Crippen LogP) is 3.20. The van der Waals surface area contributed by atoms with Gasteiger partial charge in [0.15, 0.2) is 0 Å². The number of rotatable bonds is 6. The quantitative estimate of drug-likeness (QED) is 0.845. The van der Waals surface area contributed by atoms with Crippen LogP contribution in [0.25, 0.3) is 0 Å². The minimum absolute atomic E-state index is 0.489. The van der Waals surface area contributed by atoms with Gasteiger partial charge in [-0.3, -0.25) is 0 Å². The van der Waals surface area contributed by atoms with E-state index in [1.165, 1.54) is 0 Å². The Morgan fingerprint density at radius 1 is 1.10 bits per heavy atom. The van der Waals surface area contributed by atoms with E-state index in [0.717, 1.165) is 22.9 Å². The molecule has 0 amide bonds. The van der Waals surface area contributed by atoms with Crippen molar-refractivity contribution in [2.45, 2.75) is 13.8 Å². The van der Waals surface area contributed by atoms with Crippen molar-refractivity contribution in [2.24, 2.45) is 0 Å². The third-order valence-corrected chi connectivity index (χ3v) is 2.63. The fourth-order valence-corrected chi connectivity index (χ4v) is 1.78. The summed E-state index contributed by atoms with van der Waals surface area (Å²) in [6, 6.07) is 9.30. The average Bonchev–Trinajstić information content (AvgIpc) is 2.45. The van der Waals surface area contributed by atoms with Crippen LogP contribution in [-0.4, -0.2) is 18.2 Å². The zero-order valence-corrected chi connectivity index (χ0v) is 11.7. The molecule has 3 N–H and O–H groups in total. The molecule has 5 heteroatoms. The zero-order valence-electron chi connectivity index (χ0n) is 11.7. The van der Waals surface area contributed by atoms with Crippen LogP contribution in [0.4, 0.5) is 17.2 Å². The summed E-state index contributed by atoms with van der Waals surface area (Å²) in [5.74, 6) is 2.05. The number of nitrogens with zero attached hydrogens (tertiary/aromatic N) is 1. The molecule has 0 aliphatic rings. The van der Waals surface area contributed by atoms with Gasteiger partial charge in [-0.1, -0.05) is 0 Å². The number of ether oxygens (including phenoxy) is 2. The summed E-state index contributed by atoms with van der Waals surface area (Å²) in [4.78, 5) is 4.05. The lowest BCUT2D eigenvalue weighted by Gasteiger charge is -2.14. The van der Waals surface area contributed by atoms with E-state index in [-0.39, 0.29) is 0 Å². The van der Waals surface area contributed by atoms with Crippen molar-refractivity contribution >= 4 is 17.2 Å². The number of benzene rings is 1. The predicted molar refractivity (Wildman–Crippen MR) is 80.7 cm³/mol. The van der Waals surface area contributed by atoms with E-state index in [2.05, 4.69) is 10.3 Å². The second-order valence-electron chi connectivity index (χ2n) is 4.12. The largest absolute Gasteiger partial charge is 0.494 e. The maximum atomic E-state index is 5.60. The highest BCUT2D eigenvalue weighted by atomic mass is 16.5. The summed E-state index contributed by atoms with van der Waals surface area (Å²) in [6.45, 7) is 5.12. The Balaban J connectivity index is 2.26. The molecule has 0 unspecified atom stereocenters. The first-order chi connectivity index (χ1) is 9.72. The van der Waals surface area contributed by atoms with E-state index in [1.54, 1.807) is 12.3 Å². The van der Waals surface area contributed by atoms with Crippen LogP contribution >= 0.6 is 0 Å². The zero-order chi connectivity index (χ0) is 14.4. The highest BCUT2D eigenvalue weighted by Crippen LogP contribution is 2.31. The van der Waals surface area contributed by atoms with Crippen LogP contribution in [0, 0.1) is 0 Å². The lowest BCUT2D eigenvalue weighted by Crippen LogP contribution is -2.00. The lowest BCUT2D eigenvalue weighted by molar-refractivity contribution is 0.332. The maximum Gasteiger partial charge on any atom is 0.142 e. The molecule has 1 aromatic heterocycles. The van der Waals surface area contributed by atoms with Gasteiger partial charge >= 0.3 is 0 Å². The highest BCUT2D eigenvalue weighted by molar-refractivity contribution is 5.68. The van der Waals surface area contributed by atoms with Crippen LogP contribution in [-0.2, 0) is 0 Å². The van der Waals surface area contributed by atoms with Crippen LogP contribution in [0.5, 0.6) is 11.5 Å². The van der Waals surface area contributed by atoms with Crippen molar-refractivity contribution in [3.05, 3.63) is 36.5 Å². The van der Waals surface area contributed by atoms with E-state index in [4.69, 9.17) is 15.2 Å². The number of anilines is 3. The van der Waals surface area contributed by atoms with Gasteiger partial charge in [-0.05, 0) is 38.1 Å². The Labute approximate surface area is 118 Å². The van der Waals surface area contributed by atoms with Gasteiger partial charge in [0.25, 0.3) is 0 Å². The maximum absolute atomic E-state index is 5.60. The van der Waals surface area contributed by atoms with E-state index in [0.29, 0.717) is 19.0 Å². The van der Waals surface area contributed by atoms with Gasteiger partial charge < -0.3 is 20.5 Å². The third kappa shape index (κ3) is 3.54. The Kier molecular flexibility index (Phi) is 4.65. The van der Waals surface area contributed by atoms with E-state index in [9.17, 15) is 0 Å². The van der Waals surface area contributed by atoms with Crippen molar-refractivity contribution in [2.75, 3.05) is 24.3 Å². The Bertz CT molecular complexity index is 556. The van der Waals surface area contributed by atoms with Crippen LogP contribution in [0.15, 0.2) is 36.5 Å². The van der Waals surface area contributed by atoms with E-state index >= 15 is 0 Å². The number of aromatic nitrogens is 1. The number of nitrogens with two attached hydrogens (primary N) is 1. The van der Waals surface area contributed by atoms with Crippen LogP contribution in [0.2, 0.25) is 0 Å². The van der Waals surface area contributed by atoms with Crippen molar-refractivity contribution in [1.29, 1.82) is 0 Å². The molecule has 0 atom stereocenters. The van der Waals surface area contributed by atoms with Gasteiger partial charge in [-0.25, -0.2) is 4.98 Å². The third-order valence-electron chi connectivity index (χ3n) is 2.63. The summed E-state index contributed by atoms with van der Waals surface area (Å²) < 4.78 is 11.1. The Morgan fingerprint density at radius 2 is 1.90 bits per heavy atom. The molecule has 0 aliphatic carbocycles. The molecule has 1 heterocycles. The average molecular weight is 273 g/mol. The fourth-order valence-electron chi connectivity index (χ4n) is 1.78. The topological polar surface area (TPSA) is 69.4 Å². The second-order valence-corrected chi connectivity index (χ2v) is 4.12. The molecule has 5 nitrogen and oxygen atoms in total. The molecule has 1 aromatic carbocycles. The summed E-state index contributed by atoms with van der Waals surface area (Å²) >= 11 is 0. The van der Waals surface area contributed by atoms with Crippen LogP contribution < -0.4 is 20.5 Å². The SMILES string of the molecule is CCOc1ccc(OCC)c(Nc2ccc(N)nc2)c1. The minimum atomic E-state index is 0.489. The normalized spacial score (nSPS) is 10.1. The molecule has 2 rings (SSSR count). The molecule has 0 fully saturated rings. The molecule has 0 bridgehead atoms. The van der Waals surface area contributed by atoms with Crippen molar-refractivity contribution < 1.29 is 9.47 Å². The van der Waals surface area contributed by atoms with E-state index in [1.807, 2.05) is 38.1 Å². The monoisotopic (exact) mass is 273 g/mol. The van der Waals surface area contributed by atoms with Crippen molar-refractivity contribution in [1.82, 2.24) is 4.98 Å². The smallest absolute Gasteiger partial charge is 0.142 e. The van der Waals surface area contributed by atoms with E-state index < -0.39 is 0 Å². The summed E-state index contributed by atoms with van der Waals surface area (Å²) in [7, 11) is 0. The fraction of sp³-hybridized carbons (Fsp3) is 0.267. The van der Waals surface area contributed by atoms with Crippen LogP contribution in [0.3, 0.4) is 0 Å². The first kappa shape index (κ1) is 14.0. The van der Waals surface area contributed by atoms with Gasteiger partial charge in [-0.2, -0.15) is 0 Å². The first-order valence-corrected chi connectivity index (χ1v) is 6.61. The number of nitrogens with one attached hydrogen (secondary N) is 1. The lowest BCUT2D eigenvalue weighted by atomic mass is 10.2. The van der Waals surface area contributed by atoms with Gasteiger partial charge in [0, 0.05) is 6.07 Å². The standard InChI is InChI=1S/C15H19N3O2/c1-3-19-12-6-7-14(20-4-2)13(9-12)18-11-5-8-15(16)17-10-11/h5-10,18H,3-4H2,1-2H3,(H2,16,17). The summed E-state index contributed by atoms with van der Waals surface area (Å²) in [5, 5.41) is 3.26. The Morgan fingerprint density at radius 3 is 2.55 bits per heavy atom. The summed E-state index contributed by atoms with van der Waals surface area (Å²) in [5.41, 5.74) is 7.26. The Hall–Kier alpha value is -2.43. The molecule has 0 saturated heterocycles. The first-order valence-electron chi connectivity index (χ1n) is 6.61. The van der Waals surface area contributed by atoms with Gasteiger partial charge in [0.1, 0.15) is 17.3 Å². The van der Waals surface area contributed by atoms with Gasteiger partial charge in [0.2, 0.25) is 0 Å². The molecule has 0 aliphatic heterocycles. The molecule has 0 radical (unpaired) electrons. The molecule has 0 saturated carbocycles. The van der Waals surface area contributed by atoms with Crippen molar-refractivity contribution in [3.63, 3.8) is 0 Å². The van der Waals surface area contributed by atoms with Crippen LogP contribution in [0.1, 0.15) is 13.8 Å². The number of hydrogen-bond acceptors (Lipinski definition) is 5. The molecule has 2 aromatic rings. The molecule has 20 heavy (non-hydrogen) atoms. The van der Waals surface area contributed by atoms with Crippen molar-refractivity contribution in [3.8, 4) is 11.5 Å². The molecular formula is C15H19N3O2.